The van der Waals surface area contributed by atoms with E-state index < -0.39 is 0 Å². The van der Waals surface area contributed by atoms with E-state index in [1.807, 2.05) is 43.3 Å². The molecule has 2 aromatic rings. The second-order valence-corrected chi connectivity index (χ2v) is 7.10. The molecule has 1 fully saturated rings. The molecule has 1 saturated heterocycles. The van der Waals surface area contributed by atoms with Crippen molar-refractivity contribution in [2.75, 3.05) is 28.4 Å². The van der Waals surface area contributed by atoms with Crippen LogP contribution in [0.25, 0.3) is 0 Å². The van der Waals surface area contributed by atoms with Crippen LogP contribution in [-0.2, 0) is 4.79 Å². The second-order valence-electron chi connectivity index (χ2n) is 7.10. The maximum Gasteiger partial charge on any atom is 0.139 e. The molecule has 0 bridgehead atoms. The van der Waals surface area contributed by atoms with Gasteiger partial charge in [0.1, 0.15) is 28.8 Å². The summed E-state index contributed by atoms with van der Waals surface area (Å²) >= 11 is 0. The van der Waals surface area contributed by atoms with Gasteiger partial charge in [-0.3, -0.25) is 4.79 Å². The van der Waals surface area contributed by atoms with Gasteiger partial charge in [-0.05, 0) is 42.8 Å². The van der Waals surface area contributed by atoms with Gasteiger partial charge in [0.2, 0.25) is 0 Å². The number of carbonyl (C=O) groups is 1. The van der Waals surface area contributed by atoms with Gasteiger partial charge in [-0.2, -0.15) is 0 Å². The Morgan fingerprint density at radius 1 is 0.862 bits per heavy atom. The Hall–Kier alpha value is -2.73. The zero-order valence-corrected chi connectivity index (χ0v) is 17.7. The number of nitrogens with one attached hydrogen (secondary N) is 1. The zero-order valence-electron chi connectivity index (χ0n) is 17.7. The van der Waals surface area contributed by atoms with E-state index in [-0.39, 0.29) is 23.8 Å². The van der Waals surface area contributed by atoms with Crippen LogP contribution >= 0.6 is 0 Å². The first kappa shape index (κ1) is 21.0. The molecule has 1 aliphatic heterocycles. The normalized spacial score (nSPS) is 21.6. The molecule has 0 unspecified atom stereocenters. The molecule has 3 atom stereocenters. The van der Waals surface area contributed by atoms with Gasteiger partial charge in [0.15, 0.2) is 0 Å². The Bertz CT molecular complexity index is 866. The van der Waals surface area contributed by atoms with E-state index >= 15 is 0 Å². The van der Waals surface area contributed by atoms with E-state index in [0.29, 0.717) is 6.42 Å². The van der Waals surface area contributed by atoms with Crippen LogP contribution in [0.1, 0.15) is 43.0 Å². The molecule has 0 radical (unpaired) electrons. The minimum Gasteiger partial charge on any atom is -0.497 e. The summed E-state index contributed by atoms with van der Waals surface area (Å²) in [5.74, 6) is 2.98. The molecule has 0 spiro atoms. The maximum atomic E-state index is 13.1. The van der Waals surface area contributed by atoms with Crippen molar-refractivity contribution in [3.63, 3.8) is 0 Å². The zero-order chi connectivity index (χ0) is 21.0. The number of rotatable bonds is 7. The van der Waals surface area contributed by atoms with Crippen LogP contribution in [-0.4, -0.2) is 34.2 Å². The lowest BCUT2D eigenvalue weighted by atomic mass is 9.79. The van der Waals surface area contributed by atoms with Gasteiger partial charge in [-0.15, -0.1) is 0 Å². The minimum absolute atomic E-state index is 0.149. The molecule has 3 rings (SSSR count). The third kappa shape index (κ3) is 4.17. The lowest BCUT2D eigenvalue weighted by Crippen LogP contribution is -2.42. The molecule has 29 heavy (non-hydrogen) atoms. The summed E-state index contributed by atoms with van der Waals surface area (Å²) in [6.07, 6.45) is 1.13. The number of hydrogen-bond donors (Lipinski definition) is 1. The lowest BCUT2D eigenvalue weighted by Gasteiger charge is -2.37. The Morgan fingerprint density at radius 3 is 1.93 bits per heavy atom. The van der Waals surface area contributed by atoms with Gasteiger partial charge in [0.05, 0.1) is 28.4 Å². The largest absolute Gasteiger partial charge is 0.497 e. The fourth-order valence-corrected chi connectivity index (χ4v) is 4.09. The highest BCUT2D eigenvalue weighted by molar-refractivity contribution is 5.84. The summed E-state index contributed by atoms with van der Waals surface area (Å²) in [5, 5.41) is 3.68. The average molecular weight is 399 g/mol. The molecule has 1 heterocycles. The number of ether oxygens (including phenoxy) is 4. The topological polar surface area (TPSA) is 66.0 Å². The smallest absolute Gasteiger partial charge is 0.139 e. The van der Waals surface area contributed by atoms with Gasteiger partial charge in [0, 0.05) is 35.5 Å². The third-order valence-electron chi connectivity index (χ3n) is 5.63. The molecule has 1 aliphatic rings. The maximum absolute atomic E-state index is 13.1. The first-order valence-electron chi connectivity index (χ1n) is 9.78. The molecule has 0 aromatic heterocycles. The number of carbonyl (C=O) groups excluding carboxylic acids is 1. The summed E-state index contributed by atoms with van der Waals surface area (Å²) in [5.41, 5.74) is 1.82. The summed E-state index contributed by atoms with van der Waals surface area (Å²) in [6, 6.07) is 10.9. The first-order chi connectivity index (χ1) is 14.1. The summed E-state index contributed by atoms with van der Waals surface area (Å²) in [7, 11) is 6.53. The number of Topliss-reactive ketones (excluding diaryl/α,β-unsaturated/α-hetero) is 1. The molecule has 0 aliphatic carbocycles. The molecule has 6 heteroatoms. The summed E-state index contributed by atoms with van der Waals surface area (Å²) in [6.45, 7) is 2.04. The lowest BCUT2D eigenvalue weighted by molar-refractivity contribution is -0.126. The van der Waals surface area contributed by atoms with Crippen molar-refractivity contribution in [3.8, 4) is 23.0 Å². The van der Waals surface area contributed by atoms with Crippen molar-refractivity contribution in [1.82, 2.24) is 5.32 Å². The summed E-state index contributed by atoms with van der Waals surface area (Å²) < 4.78 is 22.0. The van der Waals surface area contributed by atoms with Crippen molar-refractivity contribution in [3.05, 3.63) is 47.5 Å². The Kier molecular flexibility index (Phi) is 6.64. The second kappa shape index (κ2) is 9.18. The average Bonchev–Trinajstić information content (AvgIpc) is 2.77. The Labute approximate surface area is 172 Å². The number of ketones is 1. The molecule has 156 valence electrons. The minimum atomic E-state index is -0.202. The fourth-order valence-electron chi connectivity index (χ4n) is 4.09. The fraction of sp³-hybridized carbons (Fsp3) is 0.435. The van der Waals surface area contributed by atoms with Gasteiger partial charge in [0.25, 0.3) is 0 Å². The van der Waals surface area contributed by atoms with Crippen LogP contribution in [0.2, 0.25) is 0 Å². The molecular formula is C23H29NO5. The molecule has 6 nitrogen and oxygen atoms in total. The van der Waals surface area contributed by atoms with Crippen LogP contribution in [0.4, 0.5) is 0 Å². The summed E-state index contributed by atoms with van der Waals surface area (Å²) in [4.78, 5) is 13.1. The van der Waals surface area contributed by atoms with Gasteiger partial charge < -0.3 is 24.3 Å². The molecular weight excluding hydrogens is 370 g/mol. The van der Waals surface area contributed by atoms with Crippen molar-refractivity contribution in [1.29, 1.82) is 0 Å². The monoisotopic (exact) mass is 399 g/mol. The number of benzene rings is 2. The predicted molar refractivity (Wildman–Crippen MR) is 111 cm³/mol. The number of methoxy groups -OCH3 is 4. The quantitative estimate of drug-likeness (QED) is 0.756. The van der Waals surface area contributed by atoms with Crippen molar-refractivity contribution in [2.24, 2.45) is 5.92 Å². The van der Waals surface area contributed by atoms with E-state index in [9.17, 15) is 4.79 Å². The van der Waals surface area contributed by atoms with Crippen molar-refractivity contribution in [2.45, 2.75) is 31.8 Å². The van der Waals surface area contributed by atoms with Crippen molar-refractivity contribution >= 4 is 5.78 Å². The molecule has 1 N–H and O–H groups in total. The van der Waals surface area contributed by atoms with Gasteiger partial charge in [-0.25, -0.2) is 0 Å². The highest BCUT2D eigenvalue weighted by Crippen LogP contribution is 2.43. The van der Waals surface area contributed by atoms with Crippen LogP contribution in [0, 0.1) is 5.92 Å². The first-order valence-corrected chi connectivity index (χ1v) is 9.78. The Morgan fingerprint density at radius 2 is 1.41 bits per heavy atom. The van der Waals surface area contributed by atoms with Gasteiger partial charge >= 0.3 is 0 Å². The predicted octanol–water partition coefficient (Wildman–Crippen LogP) is 4.09. The highest BCUT2D eigenvalue weighted by Gasteiger charge is 2.39. The number of piperidine rings is 1. The van der Waals surface area contributed by atoms with Crippen molar-refractivity contribution < 1.29 is 23.7 Å². The molecule has 2 aromatic carbocycles. The van der Waals surface area contributed by atoms with Crippen LogP contribution in [0.5, 0.6) is 23.0 Å². The third-order valence-corrected chi connectivity index (χ3v) is 5.63. The SMILES string of the molecule is CC[C@@H]1C(=O)C[C@@H](c2cc(OC)ccc2OC)N[C@@H]1c1cc(OC)ccc1OC. The van der Waals surface area contributed by atoms with Crippen LogP contribution < -0.4 is 24.3 Å². The Balaban J connectivity index is 2.05. The number of hydrogen-bond acceptors (Lipinski definition) is 6. The van der Waals surface area contributed by atoms with E-state index in [0.717, 1.165) is 40.5 Å². The van der Waals surface area contributed by atoms with Gasteiger partial charge in [-0.1, -0.05) is 6.92 Å². The van der Waals surface area contributed by atoms with E-state index in [1.54, 1.807) is 28.4 Å². The van der Waals surface area contributed by atoms with Crippen LogP contribution in [0.15, 0.2) is 36.4 Å². The standard InChI is InChI=1S/C23H29NO5/c1-6-16-20(25)13-19(17-11-14(26-2)7-9-21(17)28-4)24-23(16)18-12-15(27-3)8-10-22(18)29-5/h7-12,16,19,23-24H,6,13H2,1-5H3/t16-,19+,23+/m1/s1. The van der Waals surface area contributed by atoms with Crippen LogP contribution in [0.3, 0.4) is 0 Å². The molecule has 0 amide bonds. The van der Waals surface area contributed by atoms with E-state index in [4.69, 9.17) is 18.9 Å². The highest BCUT2D eigenvalue weighted by atomic mass is 16.5. The molecule has 0 saturated carbocycles. The van der Waals surface area contributed by atoms with E-state index in [2.05, 4.69) is 5.32 Å². The van der Waals surface area contributed by atoms with E-state index in [1.165, 1.54) is 0 Å².